The molecule has 4 N–H and O–H groups in total. The van der Waals surface area contributed by atoms with Crippen molar-refractivity contribution in [2.75, 3.05) is 12.8 Å². The molecule has 0 saturated heterocycles. The van der Waals surface area contributed by atoms with E-state index < -0.39 is 34.0 Å². The summed E-state index contributed by atoms with van der Waals surface area (Å²) in [6, 6.07) is 0. The van der Waals surface area contributed by atoms with E-state index in [4.69, 9.17) is 18.1 Å². The van der Waals surface area contributed by atoms with E-state index in [-0.39, 0.29) is 12.8 Å². The molecule has 0 spiro atoms. The van der Waals surface area contributed by atoms with Crippen LogP contribution < -0.4 is 11.1 Å². The highest BCUT2D eigenvalue weighted by Gasteiger charge is 2.47. The van der Waals surface area contributed by atoms with Crippen molar-refractivity contribution in [2.45, 2.75) is 52.4 Å². The molecule has 0 aromatic carbocycles. The number of rotatable bonds is 9. The molecule has 1 unspecified atom stereocenters. The van der Waals surface area contributed by atoms with Crippen molar-refractivity contribution in [3.63, 3.8) is 0 Å². The molecule has 0 aliphatic heterocycles. The molecular weight excluding hydrogens is 324 g/mol. The van der Waals surface area contributed by atoms with Crippen LogP contribution in [0.3, 0.4) is 0 Å². The molecular formula is C10H32N2O4Si4. The summed E-state index contributed by atoms with van der Waals surface area (Å²) in [7, 11) is -9.39. The summed E-state index contributed by atoms with van der Waals surface area (Å²) in [6.45, 7) is 16.6. The number of nitrogens with one attached hydrogen (secondary N) is 1. The molecule has 0 amide bonds. The van der Waals surface area contributed by atoms with Crippen LogP contribution in [0.1, 0.15) is 0 Å². The van der Waals surface area contributed by atoms with Crippen molar-refractivity contribution in [3.05, 3.63) is 0 Å². The van der Waals surface area contributed by atoms with Crippen LogP contribution >= 0.6 is 0 Å². The lowest BCUT2D eigenvalue weighted by Gasteiger charge is -2.39. The molecule has 0 fully saturated rings. The first-order chi connectivity index (χ1) is 8.68. The number of hydrogen-bond acceptors (Lipinski definition) is 6. The van der Waals surface area contributed by atoms with Gasteiger partial charge in [0, 0.05) is 6.67 Å². The summed E-state index contributed by atoms with van der Waals surface area (Å²) in [6.07, 6.45) is 0.263. The Morgan fingerprint density at radius 3 is 1.65 bits per heavy atom. The van der Waals surface area contributed by atoms with Crippen LogP contribution in [-0.2, 0) is 12.3 Å². The third-order valence-corrected chi connectivity index (χ3v) is 14.0. The number of nitrogens with two attached hydrogens (primary N) is 1. The summed E-state index contributed by atoms with van der Waals surface area (Å²) in [5, 5.41) is 2.94. The zero-order valence-corrected chi connectivity index (χ0v) is 18.2. The van der Waals surface area contributed by atoms with Crippen molar-refractivity contribution in [2.24, 2.45) is 5.73 Å². The monoisotopic (exact) mass is 356 g/mol. The lowest BCUT2D eigenvalue weighted by molar-refractivity contribution is 0.217. The highest BCUT2D eigenvalue weighted by molar-refractivity contribution is 6.87. The molecule has 0 aromatic heterocycles. The van der Waals surface area contributed by atoms with Gasteiger partial charge in [-0.05, 0) is 52.4 Å². The summed E-state index contributed by atoms with van der Waals surface area (Å²) in [4.78, 5) is 10.8. The predicted molar refractivity (Wildman–Crippen MR) is 92.5 cm³/mol. The molecule has 1 atom stereocenters. The minimum atomic E-state index is -3.31. The largest absolute Gasteiger partial charge is 0.493 e. The van der Waals surface area contributed by atoms with Crippen LogP contribution in [0.5, 0.6) is 0 Å². The standard InChI is InChI=1S/C10H32N2O4Si4/c1-17(2,3)14-19(7,8)16-20(13,10-12-9-11)15-18(4,5)6/h12-13H,9-11H2,1-8H3. The third-order valence-electron chi connectivity index (χ3n) is 1.92. The van der Waals surface area contributed by atoms with Gasteiger partial charge in [-0.2, -0.15) is 0 Å². The second-order valence-corrected chi connectivity index (χ2v) is 22.8. The van der Waals surface area contributed by atoms with E-state index in [1.807, 2.05) is 32.7 Å². The Morgan fingerprint density at radius 1 is 0.850 bits per heavy atom. The maximum absolute atomic E-state index is 10.8. The van der Waals surface area contributed by atoms with Crippen LogP contribution in [0.2, 0.25) is 52.4 Å². The first-order valence-electron chi connectivity index (χ1n) is 6.92. The SMILES string of the molecule is C[Si](C)(C)O[Si](C)(C)O[Si](O)(CNCN)O[Si](C)(C)C. The van der Waals surface area contributed by atoms with Gasteiger partial charge in [-0.15, -0.1) is 0 Å². The zero-order valence-electron chi connectivity index (χ0n) is 14.2. The smallest absolute Gasteiger partial charge is 0.437 e. The van der Waals surface area contributed by atoms with Gasteiger partial charge in [0.15, 0.2) is 16.6 Å². The molecule has 6 nitrogen and oxygen atoms in total. The van der Waals surface area contributed by atoms with Crippen molar-refractivity contribution >= 4 is 34.0 Å². The molecule has 0 aromatic rings. The van der Waals surface area contributed by atoms with E-state index in [2.05, 4.69) is 25.0 Å². The second kappa shape index (κ2) is 7.26. The van der Waals surface area contributed by atoms with Crippen molar-refractivity contribution < 1.29 is 17.1 Å². The molecule has 0 bridgehead atoms. The van der Waals surface area contributed by atoms with Gasteiger partial charge in [0.25, 0.3) is 0 Å². The van der Waals surface area contributed by atoms with E-state index >= 15 is 0 Å². The van der Waals surface area contributed by atoms with Crippen molar-refractivity contribution in [3.8, 4) is 0 Å². The van der Waals surface area contributed by atoms with Gasteiger partial charge in [-0.3, -0.25) is 0 Å². The Kier molecular flexibility index (Phi) is 7.49. The predicted octanol–water partition coefficient (Wildman–Crippen LogP) is 1.38. The first-order valence-corrected chi connectivity index (χ1v) is 18.5. The van der Waals surface area contributed by atoms with Gasteiger partial charge in [0.05, 0.1) is 6.17 Å². The first kappa shape index (κ1) is 20.6. The Hall–Kier alpha value is 0.628. The van der Waals surface area contributed by atoms with Crippen molar-refractivity contribution in [1.82, 2.24) is 5.32 Å². The minimum Gasteiger partial charge on any atom is -0.437 e. The van der Waals surface area contributed by atoms with Gasteiger partial charge < -0.3 is 28.2 Å². The maximum atomic E-state index is 10.8. The maximum Gasteiger partial charge on any atom is 0.493 e. The van der Waals surface area contributed by atoms with Crippen molar-refractivity contribution in [1.29, 1.82) is 0 Å². The average molecular weight is 357 g/mol. The number of hydrogen-bond donors (Lipinski definition) is 3. The van der Waals surface area contributed by atoms with Crippen LogP contribution in [0.15, 0.2) is 0 Å². The fourth-order valence-corrected chi connectivity index (χ4v) is 16.9. The van der Waals surface area contributed by atoms with Crippen LogP contribution in [0.25, 0.3) is 0 Å². The quantitative estimate of drug-likeness (QED) is 0.427. The van der Waals surface area contributed by atoms with Gasteiger partial charge in [0.1, 0.15) is 0 Å². The molecule has 0 heterocycles. The summed E-state index contributed by atoms with van der Waals surface area (Å²) < 4.78 is 18.1. The van der Waals surface area contributed by atoms with Gasteiger partial charge in [-0.1, -0.05) is 0 Å². The van der Waals surface area contributed by atoms with E-state index in [1.165, 1.54) is 0 Å². The summed E-state index contributed by atoms with van der Waals surface area (Å²) in [5.74, 6) is 0. The van der Waals surface area contributed by atoms with Gasteiger partial charge in [-0.25, -0.2) is 0 Å². The normalized spacial score (nSPS) is 17.1. The molecule has 20 heavy (non-hydrogen) atoms. The minimum absolute atomic E-state index is 0.263. The highest BCUT2D eigenvalue weighted by Crippen LogP contribution is 2.22. The Balaban J connectivity index is 4.96. The Bertz CT molecular complexity index is 307. The fourth-order valence-electron chi connectivity index (χ4n) is 1.94. The van der Waals surface area contributed by atoms with E-state index in [1.54, 1.807) is 0 Å². The van der Waals surface area contributed by atoms with E-state index in [0.29, 0.717) is 0 Å². The molecule has 0 rings (SSSR count). The lowest BCUT2D eigenvalue weighted by Crippen LogP contribution is -2.63. The topological polar surface area (TPSA) is 86.0 Å². The van der Waals surface area contributed by atoms with Crippen LogP contribution in [0, 0.1) is 0 Å². The molecule has 0 radical (unpaired) electrons. The second-order valence-electron chi connectivity index (χ2n) is 7.27. The van der Waals surface area contributed by atoms with Gasteiger partial charge in [0.2, 0.25) is 0 Å². The molecule has 0 aliphatic rings. The molecule has 122 valence electrons. The lowest BCUT2D eigenvalue weighted by atomic mass is 11.1. The highest BCUT2D eigenvalue weighted by atomic mass is 28.5. The molecule has 0 aliphatic carbocycles. The van der Waals surface area contributed by atoms with E-state index in [9.17, 15) is 4.80 Å². The summed E-state index contributed by atoms with van der Waals surface area (Å²) >= 11 is 0. The third kappa shape index (κ3) is 10.4. The van der Waals surface area contributed by atoms with E-state index in [0.717, 1.165) is 0 Å². The Labute approximate surface area is 127 Å². The molecule has 10 heteroatoms. The average Bonchev–Trinajstić information content (AvgIpc) is 2.05. The van der Waals surface area contributed by atoms with Crippen LogP contribution in [0.4, 0.5) is 0 Å². The van der Waals surface area contributed by atoms with Crippen LogP contribution in [-0.4, -0.2) is 51.6 Å². The zero-order chi connectivity index (χ0) is 16.2. The molecule has 0 saturated carbocycles. The summed E-state index contributed by atoms with van der Waals surface area (Å²) in [5.41, 5.74) is 5.45. The fraction of sp³-hybridized carbons (Fsp3) is 1.00. The van der Waals surface area contributed by atoms with Gasteiger partial charge >= 0.3 is 17.4 Å². The Morgan fingerprint density at radius 2 is 1.30 bits per heavy atom.